The van der Waals surface area contributed by atoms with Gasteiger partial charge in [0.25, 0.3) is 5.91 Å². The number of benzene rings is 1. The third kappa shape index (κ3) is 3.63. The topological polar surface area (TPSA) is 63.2 Å². The molecule has 0 saturated carbocycles. The zero-order valence-electron chi connectivity index (χ0n) is 8.23. The summed E-state index contributed by atoms with van der Waals surface area (Å²) < 4.78 is 23.5. The van der Waals surface area contributed by atoms with Gasteiger partial charge in [-0.05, 0) is 0 Å². The fourth-order valence-corrected chi connectivity index (χ4v) is 1.45. The summed E-state index contributed by atoms with van der Waals surface area (Å²) in [4.78, 5) is 11.3. The molecule has 0 aliphatic rings. The lowest BCUT2D eigenvalue weighted by atomic mass is 10.1. The van der Waals surface area contributed by atoms with Crippen LogP contribution in [0.3, 0.4) is 0 Å². The Morgan fingerprint density at radius 2 is 1.87 bits per heavy atom. The second-order valence-corrected chi connectivity index (χ2v) is 4.78. The molecule has 0 aliphatic carbocycles. The van der Waals surface area contributed by atoms with Crippen LogP contribution < -0.4 is 4.72 Å². The van der Waals surface area contributed by atoms with Gasteiger partial charge in [-0.25, -0.2) is 13.1 Å². The van der Waals surface area contributed by atoms with Gasteiger partial charge in [0.15, 0.2) is 0 Å². The smallest absolute Gasteiger partial charge is 0.267 e. The van der Waals surface area contributed by atoms with E-state index in [1.165, 1.54) is 12.1 Å². The van der Waals surface area contributed by atoms with E-state index >= 15 is 0 Å². The molecular formula is C10H11NO3S. The number of rotatable bonds is 3. The molecule has 15 heavy (non-hydrogen) atoms. The lowest BCUT2D eigenvalue weighted by Crippen LogP contribution is -2.29. The number of hydrogen-bond donors (Lipinski definition) is 1. The summed E-state index contributed by atoms with van der Waals surface area (Å²) in [5.41, 5.74) is 1.16. The van der Waals surface area contributed by atoms with Crippen LogP contribution in [0.4, 0.5) is 0 Å². The van der Waals surface area contributed by atoms with Gasteiger partial charge in [0.2, 0.25) is 10.0 Å². The van der Waals surface area contributed by atoms with Crippen LogP contribution in [0, 0.1) is 13.3 Å². The van der Waals surface area contributed by atoms with E-state index in [9.17, 15) is 13.2 Å². The summed E-state index contributed by atoms with van der Waals surface area (Å²) in [5, 5.41) is 0. The first-order valence-electron chi connectivity index (χ1n) is 4.17. The molecule has 0 aliphatic heterocycles. The fourth-order valence-electron chi connectivity index (χ4n) is 0.998. The molecule has 0 atom stereocenters. The molecule has 0 bridgehead atoms. The standard InChI is InChI=1S/C10H11NO3S/c1-3-8-4-6-9(7-5-8)10(12)11-15(2,13)14/h3-7H,1H2,2H3,(H,11,12). The molecular weight excluding hydrogens is 214 g/mol. The van der Waals surface area contributed by atoms with E-state index in [0.29, 0.717) is 5.56 Å². The Balaban J connectivity index is 2.84. The second kappa shape index (κ2) is 4.35. The number of sulfonamides is 1. The highest BCUT2D eigenvalue weighted by molar-refractivity contribution is 7.89. The monoisotopic (exact) mass is 225 g/mol. The van der Waals surface area contributed by atoms with Gasteiger partial charge >= 0.3 is 0 Å². The summed E-state index contributed by atoms with van der Waals surface area (Å²) in [6, 6.07) is 6.45. The molecule has 0 fully saturated rings. The molecule has 0 heterocycles. The van der Waals surface area contributed by atoms with Crippen molar-refractivity contribution >= 4 is 15.9 Å². The van der Waals surface area contributed by atoms with Crippen molar-refractivity contribution < 1.29 is 13.2 Å². The number of carbonyl (C=O) groups excluding carboxylic acids is 1. The number of carbonyl (C=O) groups is 1. The molecule has 5 heteroatoms. The van der Waals surface area contributed by atoms with Crippen LogP contribution in [-0.4, -0.2) is 20.6 Å². The van der Waals surface area contributed by atoms with Crippen LogP contribution in [0.5, 0.6) is 0 Å². The Hall–Kier alpha value is -1.49. The molecule has 1 N–H and O–H groups in total. The quantitative estimate of drug-likeness (QED) is 0.772. The SMILES string of the molecule is [CH2-][CH+]c1ccc(C(=O)NS(C)(=O)=O)cc1. The molecule has 1 rings (SSSR count). The minimum absolute atomic E-state index is 0.297. The van der Waals surface area contributed by atoms with Gasteiger partial charge in [-0.3, -0.25) is 11.7 Å². The first kappa shape index (κ1) is 11.6. The Morgan fingerprint density at radius 1 is 1.33 bits per heavy atom. The predicted octanol–water partition coefficient (Wildman–Crippen LogP) is 0.762. The molecule has 0 radical (unpaired) electrons. The van der Waals surface area contributed by atoms with Crippen molar-refractivity contribution in [2.45, 2.75) is 0 Å². The highest BCUT2D eigenvalue weighted by atomic mass is 32.2. The summed E-state index contributed by atoms with van der Waals surface area (Å²) in [5.74, 6) is -0.631. The third-order valence-corrected chi connectivity index (χ3v) is 2.24. The molecule has 0 saturated heterocycles. The van der Waals surface area contributed by atoms with Crippen molar-refractivity contribution in [3.8, 4) is 0 Å². The number of amides is 1. The average Bonchev–Trinajstić information content (AvgIpc) is 2.15. The first-order valence-corrected chi connectivity index (χ1v) is 6.06. The number of nitrogens with one attached hydrogen (secondary N) is 1. The Morgan fingerprint density at radius 3 is 2.27 bits per heavy atom. The third-order valence-electron chi connectivity index (χ3n) is 1.69. The summed E-state index contributed by atoms with van der Waals surface area (Å²) in [7, 11) is -3.51. The summed E-state index contributed by atoms with van der Waals surface area (Å²) in [6.07, 6.45) is 2.57. The highest BCUT2D eigenvalue weighted by Crippen LogP contribution is 2.05. The van der Waals surface area contributed by atoms with Crippen LogP contribution in [0.15, 0.2) is 24.3 Å². The van der Waals surface area contributed by atoms with E-state index < -0.39 is 15.9 Å². The normalized spacial score (nSPS) is 10.8. The zero-order valence-corrected chi connectivity index (χ0v) is 9.04. The maximum absolute atomic E-state index is 11.3. The van der Waals surface area contributed by atoms with Gasteiger partial charge in [-0.2, -0.15) is 0 Å². The fraction of sp³-hybridized carbons (Fsp3) is 0.100. The lowest BCUT2D eigenvalue weighted by Gasteiger charge is -2.01. The lowest BCUT2D eigenvalue weighted by molar-refractivity contribution is 0.0981. The van der Waals surface area contributed by atoms with Gasteiger partial charge in [0, 0.05) is 24.3 Å². The van der Waals surface area contributed by atoms with E-state index in [1.54, 1.807) is 18.6 Å². The van der Waals surface area contributed by atoms with E-state index in [4.69, 9.17) is 0 Å². The Kier molecular flexibility index (Phi) is 3.36. The molecule has 1 aromatic rings. The van der Waals surface area contributed by atoms with Gasteiger partial charge < -0.3 is 0 Å². The van der Waals surface area contributed by atoms with Crippen molar-refractivity contribution in [2.75, 3.05) is 6.26 Å². The summed E-state index contributed by atoms with van der Waals surface area (Å²) in [6.45, 7) is 3.57. The van der Waals surface area contributed by atoms with Crippen molar-refractivity contribution in [3.63, 3.8) is 0 Å². The van der Waals surface area contributed by atoms with Crippen molar-refractivity contribution in [3.05, 3.63) is 48.7 Å². The van der Waals surface area contributed by atoms with Crippen LogP contribution in [-0.2, 0) is 10.0 Å². The van der Waals surface area contributed by atoms with Crippen molar-refractivity contribution in [1.29, 1.82) is 0 Å². The molecule has 4 nitrogen and oxygen atoms in total. The Bertz CT molecular complexity index is 448. The zero-order chi connectivity index (χ0) is 11.5. The van der Waals surface area contributed by atoms with E-state index in [-0.39, 0.29) is 0 Å². The predicted molar refractivity (Wildman–Crippen MR) is 57.5 cm³/mol. The van der Waals surface area contributed by atoms with Crippen LogP contribution >= 0.6 is 0 Å². The van der Waals surface area contributed by atoms with Crippen LogP contribution in [0.2, 0.25) is 0 Å². The maximum atomic E-state index is 11.3. The van der Waals surface area contributed by atoms with Crippen molar-refractivity contribution in [1.82, 2.24) is 4.72 Å². The summed E-state index contributed by atoms with van der Waals surface area (Å²) >= 11 is 0. The van der Waals surface area contributed by atoms with Crippen LogP contribution in [0.1, 0.15) is 15.9 Å². The van der Waals surface area contributed by atoms with Crippen LogP contribution in [0.25, 0.3) is 0 Å². The minimum Gasteiger partial charge on any atom is -0.268 e. The molecule has 1 aromatic carbocycles. The van der Waals surface area contributed by atoms with Crippen molar-refractivity contribution in [2.24, 2.45) is 0 Å². The first-order chi connectivity index (χ1) is 6.92. The van der Waals surface area contributed by atoms with Gasteiger partial charge in [0.05, 0.1) is 17.4 Å². The minimum atomic E-state index is -3.51. The molecule has 0 spiro atoms. The van der Waals surface area contributed by atoms with Gasteiger partial charge in [0.1, 0.15) is 0 Å². The largest absolute Gasteiger partial charge is 0.268 e. The van der Waals surface area contributed by atoms with E-state index in [2.05, 4.69) is 6.92 Å². The second-order valence-electron chi connectivity index (χ2n) is 3.03. The maximum Gasteiger partial charge on any atom is 0.267 e. The molecule has 0 unspecified atom stereocenters. The average molecular weight is 225 g/mol. The van der Waals surface area contributed by atoms with E-state index in [1.807, 2.05) is 4.72 Å². The highest BCUT2D eigenvalue weighted by Gasteiger charge is 2.11. The molecule has 1 amide bonds. The molecule has 80 valence electrons. The molecule has 0 aromatic heterocycles. The van der Waals surface area contributed by atoms with E-state index in [0.717, 1.165) is 11.8 Å². The Labute approximate surface area is 89.4 Å². The van der Waals surface area contributed by atoms with Gasteiger partial charge in [-0.15, -0.1) is 6.42 Å². The number of hydrogen-bond acceptors (Lipinski definition) is 3. The van der Waals surface area contributed by atoms with Gasteiger partial charge in [-0.1, -0.05) is 0 Å².